The molecule has 5 rings (SSSR count). The highest BCUT2D eigenvalue weighted by atomic mass is 35.5. The Hall–Kier alpha value is -2.71. The third-order valence-corrected chi connectivity index (χ3v) is 5.84. The van der Waals surface area contributed by atoms with Crippen LogP contribution in [0.25, 0.3) is 22.8 Å². The molecular formula is C20H15ClFN5OS. The molecule has 2 heterocycles. The van der Waals surface area contributed by atoms with E-state index in [4.69, 9.17) is 16.0 Å². The van der Waals surface area contributed by atoms with Crippen molar-refractivity contribution in [3.8, 4) is 22.8 Å². The Kier molecular flexibility index (Phi) is 4.81. The van der Waals surface area contributed by atoms with E-state index >= 15 is 0 Å². The van der Waals surface area contributed by atoms with E-state index < -0.39 is 0 Å². The van der Waals surface area contributed by atoms with Crippen molar-refractivity contribution in [3.63, 3.8) is 0 Å². The summed E-state index contributed by atoms with van der Waals surface area (Å²) in [5, 5.41) is 18.0. The van der Waals surface area contributed by atoms with Crippen molar-refractivity contribution >= 4 is 23.4 Å². The average Bonchev–Trinajstić information content (AvgIpc) is 3.31. The minimum Gasteiger partial charge on any atom is -0.420 e. The molecule has 29 heavy (non-hydrogen) atoms. The molecule has 1 fully saturated rings. The van der Waals surface area contributed by atoms with Crippen LogP contribution < -0.4 is 0 Å². The van der Waals surface area contributed by atoms with Crippen molar-refractivity contribution in [2.45, 2.75) is 29.8 Å². The van der Waals surface area contributed by atoms with Crippen LogP contribution >= 0.6 is 23.4 Å². The highest BCUT2D eigenvalue weighted by Crippen LogP contribution is 2.42. The molecular weight excluding hydrogens is 413 g/mol. The summed E-state index contributed by atoms with van der Waals surface area (Å²) >= 11 is 7.63. The van der Waals surface area contributed by atoms with E-state index in [1.54, 1.807) is 24.3 Å². The zero-order valence-electron chi connectivity index (χ0n) is 15.1. The lowest BCUT2D eigenvalue weighted by atomic mass is 10.2. The minimum absolute atomic E-state index is 0.295. The smallest absolute Gasteiger partial charge is 0.249 e. The van der Waals surface area contributed by atoms with E-state index in [1.807, 2.05) is 22.8 Å². The molecule has 0 aliphatic heterocycles. The van der Waals surface area contributed by atoms with Crippen LogP contribution in [0.4, 0.5) is 4.39 Å². The minimum atomic E-state index is -0.306. The zero-order valence-corrected chi connectivity index (χ0v) is 16.7. The van der Waals surface area contributed by atoms with E-state index in [1.165, 1.54) is 17.8 Å². The predicted octanol–water partition coefficient (Wildman–Crippen LogP) is 5.41. The Bertz CT molecular complexity index is 1170. The first-order valence-corrected chi connectivity index (χ1v) is 10.5. The van der Waals surface area contributed by atoms with Crippen LogP contribution in [0.2, 0.25) is 5.02 Å². The van der Waals surface area contributed by atoms with Gasteiger partial charge in [-0.1, -0.05) is 47.6 Å². The molecule has 0 bridgehead atoms. The maximum absolute atomic E-state index is 14.3. The monoisotopic (exact) mass is 427 g/mol. The van der Waals surface area contributed by atoms with Crippen LogP contribution in [-0.2, 0) is 5.75 Å². The molecule has 1 saturated carbocycles. The molecule has 2 aromatic carbocycles. The number of nitrogens with zero attached hydrogens (tertiary/aromatic N) is 5. The number of thioether (sulfide) groups is 1. The molecule has 0 atom stereocenters. The molecule has 1 aliphatic carbocycles. The van der Waals surface area contributed by atoms with Crippen molar-refractivity contribution in [2.75, 3.05) is 0 Å². The molecule has 0 amide bonds. The topological polar surface area (TPSA) is 69.6 Å². The van der Waals surface area contributed by atoms with Crippen LogP contribution in [0.15, 0.2) is 58.1 Å². The second-order valence-corrected chi connectivity index (χ2v) is 8.01. The number of benzene rings is 2. The van der Waals surface area contributed by atoms with Gasteiger partial charge in [-0.05, 0) is 37.1 Å². The van der Waals surface area contributed by atoms with Gasteiger partial charge in [0.15, 0.2) is 11.0 Å². The Labute approximate surface area is 175 Å². The first-order valence-electron chi connectivity index (χ1n) is 9.10. The van der Waals surface area contributed by atoms with E-state index in [2.05, 4.69) is 20.4 Å². The van der Waals surface area contributed by atoms with Gasteiger partial charge in [0.05, 0.1) is 21.9 Å². The maximum atomic E-state index is 14.3. The SMILES string of the molecule is Fc1ccccc1-c1nnc(SCc2nnc(-c3ccccc3Cl)o2)n1C1CC1. The van der Waals surface area contributed by atoms with Gasteiger partial charge < -0.3 is 4.42 Å². The van der Waals surface area contributed by atoms with Crippen LogP contribution in [-0.4, -0.2) is 25.0 Å². The summed E-state index contributed by atoms with van der Waals surface area (Å²) in [6, 6.07) is 14.2. The van der Waals surface area contributed by atoms with E-state index in [0.29, 0.717) is 50.7 Å². The fourth-order valence-corrected chi connectivity index (χ4v) is 4.10. The van der Waals surface area contributed by atoms with Crippen molar-refractivity contribution in [3.05, 3.63) is 65.3 Å². The number of hydrogen-bond acceptors (Lipinski definition) is 6. The van der Waals surface area contributed by atoms with Crippen LogP contribution in [0.5, 0.6) is 0 Å². The van der Waals surface area contributed by atoms with Gasteiger partial charge in [0, 0.05) is 6.04 Å². The summed E-state index contributed by atoms with van der Waals surface area (Å²) in [6.07, 6.45) is 2.06. The lowest BCUT2D eigenvalue weighted by Crippen LogP contribution is -2.01. The van der Waals surface area contributed by atoms with Gasteiger partial charge in [0.2, 0.25) is 11.8 Å². The second-order valence-electron chi connectivity index (χ2n) is 6.66. The number of hydrogen-bond donors (Lipinski definition) is 0. The summed E-state index contributed by atoms with van der Waals surface area (Å²) in [7, 11) is 0. The fraction of sp³-hybridized carbons (Fsp3) is 0.200. The van der Waals surface area contributed by atoms with Gasteiger partial charge in [-0.25, -0.2) is 4.39 Å². The number of halogens is 2. The van der Waals surface area contributed by atoms with Crippen LogP contribution in [0, 0.1) is 5.82 Å². The van der Waals surface area contributed by atoms with Crippen molar-refractivity contribution in [1.82, 2.24) is 25.0 Å². The second kappa shape index (κ2) is 7.61. The van der Waals surface area contributed by atoms with E-state index in [0.717, 1.165) is 12.8 Å². The predicted molar refractivity (Wildman–Crippen MR) is 108 cm³/mol. The summed E-state index contributed by atoms with van der Waals surface area (Å²) in [5.74, 6) is 1.51. The molecule has 0 saturated heterocycles. The molecule has 0 N–H and O–H groups in total. The van der Waals surface area contributed by atoms with Crippen molar-refractivity contribution < 1.29 is 8.81 Å². The van der Waals surface area contributed by atoms with Gasteiger partial charge in [0.1, 0.15) is 5.82 Å². The molecule has 1 aliphatic rings. The summed E-state index contributed by atoms with van der Waals surface area (Å²) in [4.78, 5) is 0. The Morgan fingerprint density at radius 1 is 1.00 bits per heavy atom. The fourth-order valence-electron chi connectivity index (χ4n) is 3.05. The molecule has 9 heteroatoms. The van der Waals surface area contributed by atoms with Gasteiger partial charge in [-0.15, -0.1) is 20.4 Å². The Morgan fingerprint density at radius 3 is 2.52 bits per heavy atom. The maximum Gasteiger partial charge on any atom is 0.249 e. The van der Waals surface area contributed by atoms with Crippen LogP contribution in [0.3, 0.4) is 0 Å². The van der Waals surface area contributed by atoms with Gasteiger partial charge >= 0.3 is 0 Å². The Morgan fingerprint density at radius 2 is 1.76 bits per heavy atom. The number of rotatable bonds is 6. The van der Waals surface area contributed by atoms with Gasteiger partial charge in [-0.3, -0.25) is 4.57 Å². The molecule has 0 spiro atoms. The summed E-state index contributed by atoms with van der Waals surface area (Å²) in [6.45, 7) is 0. The normalized spacial score (nSPS) is 13.7. The molecule has 4 aromatic rings. The van der Waals surface area contributed by atoms with Gasteiger partial charge in [-0.2, -0.15) is 0 Å². The molecule has 2 aromatic heterocycles. The lowest BCUT2D eigenvalue weighted by molar-refractivity contribution is 0.528. The Balaban J connectivity index is 1.38. The van der Waals surface area contributed by atoms with Crippen LogP contribution in [0.1, 0.15) is 24.8 Å². The highest BCUT2D eigenvalue weighted by Gasteiger charge is 2.31. The van der Waals surface area contributed by atoms with Crippen molar-refractivity contribution in [2.24, 2.45) is 0 Å². The first-order chi connectivity index (χ1) is 14.2. The number of aromatic nitrogens is 5. The standard InChI is InChI=1S/C20H15ClFN5OS/c21-15-7-3-1-5-13(15)19-25-23-17(28-19)11-29-20-26-24-18(27(20)12-9-10-12)14-6-2-4-8-16(14)22/h1-8,12H,9-11H2. The van der Waals surface area contributed by atoms with E-state index in [-0.39, 0.29) is 5.82 Å². The third-order valence-electron chi connectivity index (χ3n) is 4.59. The van der Waals surface area contributed by atoms with Gasteiger partial charge in [0.25, 0.3) is 0 Å². The molecule has 0 radical (unpaired) electrons. The summed E-state index contributed by atoms with van der Waals surface area (Å²) < 4.78 is 22.0. The highest BCUT2D eigenvalue weighted by molar-refractivity contribution is 7.98. The lowest BCUT2D eigenvalue weighted by Gasteiger charge is -2.08. The summed E-state index contributed by atoms with van der Waals surface area (Å²) in [5.41, 5.74) is 1.15. The third kappa shape index (κ3) is 3.65. The largest absolute Gasteiger partial charge is 0.420 e. The average molecular weight is 428 g/mol. The zero-order chi connectivity index (χ0) is 19.8. The molecule has 6 nitrogen and oxygen atoms in total. The quantitative estimate of drug-likeness (QED) is 0.383. The van der Waals surface area contributed by atoms with Crippen molar-refractivity contribution in [1.29, 1.82) is 0 Å². The first kappa shape index (κ1) is 18.3. The molecule has 0 unspecified atom stereocenters. The molecule has 146 valence electrons. The van der Waals surface area contributed by atoms with E-state index in [9.17, 15) is 4.39 Å².